The van der Waals surface area contributed by atoms with Crippen LogP contribution in [0.1, 0.15) is 24.3 Å². The molecule has 0 saturated carbocycles. The van der Waals surface area contributed by atoms with Crippen LogP contribution in [0, 0.1) is 5.41 Å². The van der Waals surface area contributed by atoms with Gasteiger partial charge in [-0.1, -0.05) is 0 Å². The molecule has 2 saturated heterocycles. The molecule has 3 rings (SSSR count). The number of nitrogens with one attached hydrogen (secondary N) is 1. The monoisotopic (exact) mass is 231 g/mol. The molecule has 2 aliphatic rings. The molecule has 2 aliphatic heterocycles. The molecule has 17 heavy (non-hydrogen) atoms. The number of likely N-dealkylation sites (tertiary alicyclic amines) is 1. The van der Waals surface area contributed by atoms with Crippen molar-refractivity contribution < 1.29 is 0 Å². The van der Waals surface area contributed by atoms with E-state index in [1.807, 2.05) is 12.4 Å². The van der Waals surface area contributed by atoms with Crippen LogP contribution in [0.5, 0.6) is 0 Å². The minimum absolute atomic E-state index is 0.501. The molecule has 1 aromatic rings. The molecule has 0 amide bonds. The van der Waals surface area contributed by atoms with Gasteiger partial charge in [0, 0.05) is 31.4 Å². The number of pyridine rings is 1. The van der Waals surface area contributed by atoms with Gasteiger partial charge in [-0.3, -0.25) is 4.98 Å². The Labute approximate surface area is 103 Å². The van der Waals surface area contributed by atoms with E-state index in [4.69, 9.17) is 0 Å². The van der Waals surface area contributed by atoms with Gasteiger partial charge in [-0.2, -0.15) is 0 Å². The highest BCUT2D eigenvalue weighted by atomic mass is 15.1. The van der Waals surface area contributed by atoms with Crippen molar-refractivity contribution >= 4 is 0 Å². The lowest BCUT2D eigenvalue weighted by Crippen LogP contribution is -2.41. The molecule has 1 aromatic heterocycles. The smallest absolute Gasteiger partial charge is 0.0270 e. The summed E-state index contributed by atoms with van der Waals surface area (Å²) in [5.41, 5.74) is 1.98. The molecule has 1 spiro atoms. The first kappa shape index (κ1) is 11.2. The zero-order chi connectivity index (χ0) is 11.7. The number of hydrogen-bond acceptors (Lipinski definition) is 3. The number of nitrogens with zero attached hydrogens (tertiary/aromatic N) is 2. The molecular weight excluding hydrogens is 210 g/mol. The third-order valence-corrected chi connectivity index (χ3v) is 4.53. The normalized spacial score (nSPS) is 28.6. The van der Waals surface area contributed by atoms with Gasteiger partial charge in [0.1, 0.15) is 0 Å². The maximum Gasteiger partial charge on any atom is 0.0270 e. The van der Waals surface area contributed by atoms with Crippen molar-refractivity contribution in [2.45, 2.75) is 18.8 Å². The summed E-state index contributed by atoms with van der Waals surface area (Å²) in [6, 6.07) is 4.40. The highest BCUT2D eigenvalue weighted by molar-refractivity contribution is 5.23. The Kier molecular flexibility index (Phi) is 2.89. The Morgan fingerprint density at radius 1 is 1.29 bits per heavy atom. The summed E-state index contributed by atoms with van der Waals surface area (Å²) in [6.07, 6.45) is 6.49. The van der Waals surface area contributed by atoms with Crippen molar-refractivity contribution in [3.8, 4) is 0 Å². The largest absolute Gasteiger partial charge is 0.317 e. The van der Waals surface area contributed by atoms with Gasteiger partial charge in [-0.25, -0.2) is 0 Å². The fraction of sp³-hybridized carbons (Fsp3) is 0.643. The van der Waals surface area contributed by atoms with Crippen LogP contribution in [-0.2, 0) is 0 Å². The zero-order valence-corrected chi connectivity index (χ0v) is 10.5. The minimum Gasteiger partial charge on any atom is -0.317 e. The highest BCUT2D eigenvalue weighted by Gasteiger charge is 2.46. The molecule has 1 unspecified atom stereocenters. The lowest BCUT2D eigenvalue weighted by atomic mass is 9.69. The molecule has 1 N–H and O–H groups in total. The first-order valence-corrected chi connectivity index (χ1v) is 6.59. The topological polar surface area (TPSA) is 28.2 Å². The predicted octanol–water partition coefficient (Wildman–Crippen LogP) is 1.48. The fourth-order valence-electron chi connectivity index (χ4n) is 3.70. The van der Waals surface area contributed by atoms with Crippen LogP contribution in [0.2, 0.25) is 0 Å². The van der Waals surface area contributed by atoms with Crippen LogP contribution < -0.4 is 5.32 Å². The third-order valence-electron chi connectivity index (χ3n) is 4.53. The molecule has 92 valence electrons. The summed E-state index contributed by atoms with van der Waals surface area (Å²) in [5.74, 6) is 0.692. The summed E-state index contributed by atoms with van der Waals surface area (Å²) >= 11 is 0. The van der Waals surface area contributed by atoms with Crippen molar-refractivity contribution in [2.24, 2.45) is 5.41 Å². The Bertz CT molecular complexity index is 370. The van der Waals surface area contributed by atoms with Gasteiger partial charge in [0.25, 0.3) is 0 Å². The van der Waals surface area contributed by atoms with Crippen molar-refractivity contribution in [1.29, 1.82) is 0 Å². The van der Waals surface area contributed by atoms with E-state index in [0.29, 0.717) is 11.3 Å². The van der Waals surface area contributed by atoms with E-state index in [1.54, 1.807) is 0 Å². The van der Waals surface area contributed by atoms with E-state index in [-0.39, 0.29) is 0 Å². The van der Waals surface area contributed by atoms with Gasteiger partial charge < -0.3 is 10.2 Å². The first-order chi connectivity index (χ1) is 8.30. The molecular formula is C14H21N3. The summed E-state index contributed by atoms with van der Waals surface area (Å²) in [6.45, 7) is 4.80. The average Bonchev–Trinajstić information content (AvgIpc) is 2.68. The van der Waals surface area contributed by atoms with Crippen LogP contribution in [0.15, 0.2) is 24.5 Å². The van der Waals surface area contributed by atoms with Crippen molar-refractivity contribution in [1.82, 2.24) is 15.2 Å². The van der Waals surface area contributed by atoms with Crippen LogP contribution >= 0.6 is 0 Å². The van der Waals surface area contributed by atoms with E-state index >= 15 is 0 Å². The second-order valence-corrected chi connectivity index (χ2v) is 5.64. The van der Waals surface area contributed by atoms with Crippen LogP contribution in [0.25, 0.3) is 0 Å². The second-order valence-electron chi connectivity index (χ2n) is 5.64. The Balaban J connectivity index is 1.91. The van der Waals surface area contributed by atoms with Gasteiger partial charge in [-0.15, -0.1) is 0 Å². The Morgan fingerprint density at radius 3 is 2.71 bits per heavy atom. The number of aromatic nitrogens is 1. The lowest BCUT2D eigenvalue weighted by Gasteiger charge is -2.38. The standard InChI is InChI=1S/C14H21N3/c1-17-10-13(12-2-6-15-7-3-12)14(11-17)4-8-16-9-5-14/h2-3,6-7,13,16H,4-5,8-11H2,1H3. The lowest BCUT2D eigenvalue weighted by molar-refractivity contribution is 0.187. The summed E-state index contributed by atoms with van der Waals surface area (Å²) in [5, 5.41) is 3.49. The van der Waals surface area contributed by atoms with Crippen LogP contribution in [0.4, 0.5) is 0 Å². The molecule has 2 fully saturated rings. The molecule has 1 atom stereocenters. The maximum absolute atomic E-state index is 4.14. The molecule has 3 heteroatoms. The van der Waals surface area contributed by atoms with Crippen molar-refractivity contribution in [3.63, 3.8) is 0 Å². The average molecular weight is 231 g/mol. The molecule has 0 aromatic carbocycles. The second kappa shape index (κ2) is 4.39. The SMILES string of the molecule is CN1CC(c2ccncc2)C2(CCNCC2)C1. The van der Waals surface area contributed by atoms with Gasteiger partial charge >= 0.3 is 0 Å². The van der Waals surface area contributed by atoms with E-state index in [9.17, 15) is 0 Å². The van der Waals surface area contributed by atoms with Gasteiger partial charge in [0.05, 0.1) is 0 Å². The molecule has 0 radical (unpaired) electrons. The van der Waals surface area contributed by atoms with Crippen LogP contribution in [0.3, 0.4) is 0 Å². The summed E-state index contributed by atoms with van der Waals surface area (Å²) in [7, 11) is 2.25. The molecule has 0 bridgehead atoms. The fourth-order valence-corrected chi connectivity index (χ4v) is 3.70. The van der Waals surface area contributed by atoms with E-state index in [0.717, 1.165) is 0 Å². The van der Waals surface area contributed by atoms with Crippen LogP contribution in [-0.4, -0.2) is 43.1 Å². The Hall–Kier alpha value is -0.930. The Morgan fingerprint density at radius 2 is 2.00 bits per heavy atom. The molecule has 0 aliphatic carbocycles. The predicted molar refractivity (Wildman–Crippen MR) is 69.0 cm³/mol. The number of hydrogen-bond donors (Lipinski definition) is 1. The number of likely N-dealkylation sites (N-methyl/N-ethyl adjacent to an activating group) is 1. The molecule has 3 heterocycles. The molecule has 3 nitrogen and oxygen atoms in total. The van der Waals surface area contributed by atoms with Crippen molar-refractivity contribution in [3.05, 3.63) is 30.1 Å². The third kappa shape index (κ3) is 1.98. The van der Waals surface area contributed by atoms with E-state index < -0.39 is 0 Å². The summed E-state index contributed by atoms with van der Waals surface area (Å²) < 4.78 is 0. The number of rotatable bonds is 1. The highest BCUT2D eigenvalue weighted by Crippen LogP contribution is 2.48. The van der Waals surface area contributed by atoms with Gasteiger partial charge in [0.2, 0.25) is 0 Å². The van der Waals surface area contributed by atoms with Crippen molar-refractivity contribution in [2.75, 3.05) is 33.2 Å². The zero-order valence-electron chi connectivity index (χ0n) is 10.5. The first-order valence-electron chi connectivity index (χ1n) is 6.59. The van der Waals surface area contributed by atoms with Gasteiger partial charge in [-0.05, 0) is 56.1 Å². The quantitative estimate of drug-likeness (QED) is 0.793. The number of piperidine rings is 1. The van der Waals surface area contributed by atoms with E-state index in [1.165, 1.54) is 44.6 Å². The minimum atomic E-state index is 0.501. The van der Waals surface area contributed by atoms with Gasteiger partial charge in [0.15, 0.2) is 0 Å². The maximum atomic E-state index is 4.14. The van der Waals surface area contributed by atoms with E-state index in [2.05, 4.69) is 34.4 Å². The summed E-state index contributed by atoms with van der Waals surface area (Å²) in [4.78, 5) is 6.64.